The number of nitrogens with one attached hydrogen (secondary N) is 1. The van der Waals surface area contributed by atoms with Crippen molar-refractivity contribution in [2.24, 2.45) is 0 Å². The molecule has 1 aliphatic rings. The predicted molar refractivity (Wildman–Crippen MR) is 79.1 cm³/mol. The van der Waals surface area contributed by atoms with Crippen LogP contribution in [0.5, 0.6) is 0 Å². The Labute approximate surface area is 126 Å². The molecule has 5 heteroatoms. The number of rotatable bonds is 3. The molecule has 20 heavy (non-hydrogen) atoms. The van der Waals surface area contributed by atoms with Gasteiger partial charge in [-0.25, -0.2) is 4.39 Å². The Morgan fingerprint density at radius 3 is 2.55 bits per heavy atom. The summed E-state index contributed by atoms with van der Waals surface area (Å²) in [7, 11) is 0. The van der Waals surface area contributed by atoms with Gasteiger partial charge >= 0.3 is 0 Å². The zero-order valence-electron chi connectivity index (χ0n) is 11.3. The van der Waals surface area contributed by atoms with Crippen molar-refractivity contribution in [3.63, 3.8) is 0 Å². The van der Waals surface area contributed by atoms with Gasteiger partial charge in [-0.15, -0.1) is 0 Å². The maximum absolute atomic E-state index is 13.1. The monoisotopic (exact) mass is 343 g/mol. The first kappa shape index (κ1) is 15.4. The Hall–Kier alpha value is -0.940. The number of amides is 1. The maximum atomic E-state index is 13.1. The van der Waals surface area contributed by atoms with Crippen molar-refractivity contribution >= 4 is 21.8 Å². The first-order valence-electron chi connectivity index (χ1n) is 6.96. The molecule has 0 aromatic heterocycles. The summed E-state index contributed by atoms with van der Waals surface area (Å²) in [4.78, 5) is 12.0. The van der Waals surface area contributed by atoms with E-state index in [1.807, 2.05) is 0 Å². The number of hydrogen-bond acceptors (Lipinski definition) is 2. The molecule has 0 spiro atoms. The van der Waals surface area contributed by atoms with Crippen LogP contribution in [0.25, 0.3) is 0 Å². The van der Waals surface area contributed by atoms with Gasteiger partial charge in [0.25, 0.3) is 5.91 Å². The van der Waals surface area contributed by atoms with Crippen LogP contribution in [-0.4, -0.2) is 23.2 Å². The standard InChI is InChI=1S/C15H19BrFNO2/c16-12-9-11(5-6-13(12)17)14(19)18-10-15(20)7-3-1-2-4-8-15/h5-6,9,20H,1-4,7-8,10H2,(H,18,19). The van der Waals surface area contributed by atoms with Crippen LogP contribution >= 0.6 is 15.9 Å². The summed E-state index contributed by atoms with van der Waals surface area (Å²) in [5.74, 6) is -0.688. The molecular formula is C15H19BrFNO2. The highest BCUT2D eigenvalue weighted by Crippen LogP contribution is 2.26. The molecule has 1 amide bonds. The van der Waals surface area contributed by atoms with Crippen LogP contribution in [0.1, 0.15) is 48.9 Å². The topological polar surface area (TPSA) is 49.3 Å². The smallest absolute Gasteiger partial charge is 0.251 e. The van der Waals surface area contributed by atoms with Crippen molar-refractivity contribution in [1.29, 1.82) is 0 Å². The van der Waals surface area contributed by atoms with Gasteiger partial charge in [0, 0.05) is 12.1 Å². The molecule has 1 saturated carbocycles. The lowest BCUT2D eigenvalue weighted by molar-refractivity contribution is 0.0246. The summed E-state index contributed by atoms with van der Waals surface area (Å²) in [5, 5.41) is 13.2. The molecule has 0 bridgehead atoms. The highest BCUT2D eigenvalue weighted by atomic mass is 79.9. The summed E-state index contributed by atoms with van der Waals surface area (Å²) in [6.45, 7) is 0.251. The van der Waals surface area contributed by atoms with Crippen LogP contribution in [0.2, 0.25) is 0 Å². The van der Waals surface area contributed by atoms with Crippen molar-refractivity contribution in [3.8, 4) is 0 Å². The third kappa shape index (κ3) is 4.03. The lowest BCUT2D eigenvalue weighted by Gasteiger charge is -2.26. The molecule has 110 valence electrons. The fraction of sp³-hybridized carbons (Fsp3) is 0.533. The molecule has 0 aliphatic heterocycles. The second-order valence-electron chi connectivity index (χ2n) is 5.45. The molecule has 0 unspecified atom stereocenters. The third-order valence-electron chi connectivity index (χ3n) is 3.79. The lowest BCUT2D eigenvalue weighted by atomic mass is 9.94. The van der Waals surface area contributed by atoms with Gasteiger partial charge in [0.15, 0.2) is 0 Å². The van der Waals surface area contributed by atoms with Crippen LogP contribution in [0, 0.1) is 5.82 Å². The Bertz CT molecular complexity index is 485. The number of halogens is 2. The van der Waals surface area contributed by atoms with Gasteiger partial charge in [0.05, 0.1) is 10.1 Å². The van der Waals surface area contributed by atoms with Crippen LogP contribution in [0.3, 0.4) is 0 Å². The molecule has 0 radical (unpaired) electrons. The van der Waals surface area contributed by atoms with E-state index in [0.717, 1.165) is 38.5 Å². The third-order valence-corrected chi connectivity index (χ3v) is 4.40. The van der Waals surface area contributed by atoms with Crippen molar-refractivity contribution < 1.29 is 14.3 Å². The number of carbonyl (C=O) groups is 1. The van der Waals surface area contributed by atoms with Crippen LogP contribution in [-0.2, 0) is 0 Å². The second kappa shape index (κ2) is 6.68. The largest absolute Gasteiger partial charge is 0.388 e. The Morgan fingerprint density at radius 1 is 1.30 bits per heavy atom. The number of hydrogen-bond donors (Lipinski definition) is 2. The van der Waals surface area contributed by atoms with E-state index in [2.05, 4.69) is 21.2 Å². The zero-order chi connectivity index (χ0) is 14.6. The highest BCUT2D eigenvalue weighted by molar-refractivity contribution is 9.10. The van der Waals surface area contributed by atoms with E-state index in [1.165, 1.54) is 18.2 Å². The number of aliphatic hydroxyl groups is 1. The van der Waals surface area contributed by atoms with Crippen LogP contribution in [0.15, 0.2) is 22.7 Å². The minimum atomic E-state index is -0.802. The SMILES string of the molecule is O=C(NCC1(O)CCCCCC1)c1ccc(F)c(Br)c1. The van der Waals surface area contributed by atoms with Gasteiger partial charge < -0.3 is 10.4 Å². The number of carbonyl (C=O) groups excluding carboxylic acids is 1. The minimum Gasteiger partial charge on any atom is -0.388 e. The molecule has 1 aromatic rings. The summed E-state index contributed by atoms with van der Waals surface area (Å²) in [6.07, 6.45) is 5.71. The molecule has 1 fully saturated rings. The molecule has 0 saturated heterocycles. The van der Waals surface area contributed by atoms with E-state index in [9.17, 15) is 14.3 Å². The summed E-state index contributed by atoms with van der Waals surface area (Å²) in [5.41, 5.74) is -0.417. The fourth-order valence-corrected chi connectivity index (χ4v) is 2.93. The van der Waals surface area contributed by atoms with Crippen molar-refractivity contribution in [2.75, 3.05) is 6.54 Å². The molecule has 1 aromatic carbocycles. The molecular weight excluding hydrogens is 325 g/mol. The van der Waals surface area contributed by atoms with Crippen molar-refractivity contribution in [1.82, 2.24) is 5.32 Å². The quantitative estimate of drug-likeness (QED) is 0.826. The van der Waals surface area contributed by atoms with Gasteiger partial charge in [-0.3, -0.25) is 4.79 Å². The normalized spacial score (nSPS) is 18.4. The maximum Gasteiger partial charge on any atom is 0.251 e. The molecule has 2 N–H and O–H groups in total. The van der Waals surface area contributed by atoms with E-state index in [1.54, 1.807) is 0 Å². The first-order chi connectivity index (χ1) is 9.50. The van der Waals surface area contributed by atoms with E-state index in [0.29, 0.717) is 5.56 Å². The average molecular weight is 344 g/mol. The number of benzene rings is 1. The van der Waals surface area contributed by atoms with E-state index >= 15 is 0 Å². The molecule has 2 rings (SSSR count). The Kier molecular flexibility index (Phi) is 5.16. The van der Waals surface area contributed by atoms with Gasteiger partial charge in [0.2, 0.25) is 0 Å². The van der Waals surface area contributed by atoms with Gasteiger partial charge in [-0.2, -0.15) is 0 Å². The average Bonchev–Trinajstić information content (AvgIpc) is 2.65. The zero-order valence-corrected chi connectivity index (χ0v) is 12.9. The summed E-state index contributed by atoms with van der Waals surface area (Å²) in [6, 6.07) is 4.13. The summed E-state index contributed by atoms with van der Waals surface area (Å²) < 4.78 is 13.4. The Balaban J connectivity index is 1.95. The second-order valence-corrected chi connectivity index (χ2v) is 6.30. The first-order valence-corrected chi connectivity index (χ1v) is 7.75. The van der Waals surface area contributed by atoms with Crippen molar-refractivity contribution in [2.45, 2.75) is 44.1 Å². The molecule has 3 nitrogen and oxygen atoms in total. The van der Waals surface area contributed by atoms with Gasteiger partial charge in [0.1, 0.15) is 5.82 Å². The minimum absolute atomic E-state index is 0.251. The molecule has 1 aliphatic carbocycles. The van der Waals surface area contributed by atoms with E-state index < -0.39 is 11.4 Å². The molecule has 0 heterocycles. The molecule has 0 atom stereocenters. The van der Waals surface area contributed by atoms with Gasteiger partial charge in [-0.05, 0) is 47.0 Å². The summed E-state index contributed by atoms with van der Waals surface area (Å²) >= 11 is 3.06. The van der Waals surface area contributed by atoms with Crippen LogP contribution in [0.4, 0.5) is 4.39 Å². The fourth-order valence-electron chi connectivity index (χ4n) is 2.55. The predicted octanol–water partition coefficient (Wildman–Crippen LogP) is 3.40. The van der Waals surface area contributed by atoms with Crippen molar-refractivity contribution in [3.05, 3.63) is 34.1 Å². The van der Waals surface area contributed by atoms with E-state index in [-0.39, 0.29) is 16.9 Å². The van der Waals surface area contributed by atoms with Gasteiger partial charge in [-0.1, -0.05) is 25.7 Å². The Morgan fingerprint density at radius 2 is 1.95 bits per heavy atom. The highest BCUT2D eigenvalue weighted by Gasteiger charge is 2.28. The van der Waals surface area contributed by atoms with Crippen LogP contribution < -0.4 is 5.32 Å². The lowest BCUT2D eigenvalue weighted by Crippen LogP contribution is -2.42. The van der Waals surface area contributed by atoms with E-state index in [4.69, 9.17) is 0 Å².